The highest BCUT2D eigenvalue weighted by Gasteiger charge is 2.71. The van der Waals surface area contributed by atoms with E-state index in [1.54, 1.807) is 12.5 Å². The second-order valence-corrected chi connectivity index (χ2v) is 8.99. The minimum Gasteiger partial charge on any atom is -0.472 e. The van der Waals surface area contributed by atoms with Crippen molar-refractivity contribution in [3.8, 4) is 0 Å². The molecule has 29 heavy (non-hydrogen) atoms. The van der Waals surface area contributed by atoms with Gasteiger partial charge in [0.1, 0.15) is 18.8 Å². The number of allylic oxidation sites excluding steroid dienone is 1. The highest BCUT2D eigenvalue weighted by molar-refractivity contribution is 5.80. The van der Waals surface area contributed by atoms with Crippen LogP contribution in [0.3, 0.4) is 0 Å². The van der Waals surface area contributed by atoms with E-state index < -0.39 is 40.8 Å². The maximum atomic E-state index is 13.1. The molecule has 1 saturated carbocycles. The van der Waals surface area contributed by atoms with Crippen LogP contribution in [0.2, 0.25) is 0 Å². The van der Waals surface area contributed by atoms with Crippen LogP contribution in [0.5, 0.6) is 0 Å². The molecule has 0 radical (unpaired) electrons. The van der Waals surface area contributed by atoms with Crippen molar-refractivity contribution in [3.63, 3.8) is 0 Å². The van der Waals surface area contributed by atoms with Gasteiger partial charge in [-0.05, 0) is 36.7 Å². The van der Waals surface area contributed by atoms with Gasteiger partial charge in [-0.3, -0.25) is 14.4 Å². The van der Waals surface area contributed by atoms with Crippen molar-refractivity contribution in [1.29, 1.82) is 0 Å². The van der Waals surface area contributed by atoms with Gasteiger partial charge in [-0.1, -0.05) is 19.1 Å². The van der Waals surface area contributed by atoms with Crippen LogP contribution in [-0.4, -0.2) is 30.6 Å². The lowest BCUT2D eigenvalue weighted by Crippen LogP contribution is -2.64. The first-order chi connectivity index (χ1) is 13.9. The lowest BCUT2D eigenvalue weighted by molar-refractivity contribution is -0.222. The maximum Gasteiger partial charge on any atom is 0.313 e. The van der Waals surface area contributed by atoms with Crippen LogP contribution in [0, 0.1) is 28.6 Å². The molecule has 1 aromatic rings. The number of ether oxygens (including phenoxy) is 3. The van der Waals surface area contributed by atoms with Crippen LogP contribution in [-0.2, 0) is 28.6 Å². The first-order valence-corrected chi connectivity index (χ1v) is 10.1. The van der Waals surface area contributed by atoms with E-state index in [1.165, 1.54) is 6.92 Å². The van der Waals surface area contributed by atoms with Gasteiger partial charge in [0, 0.05) is 12.5 Å². The monoisotopic (exact) mass is 400 g/mol. The van der Waals surface area contributed by atoms with Gasteiger partial charge in [-0.25, -0.2) is 0 Å². The fourth-order valence-corrected chi connectivity index (χ4v) is 6.40. The van der Waals surface area contributed by atoms with Gasteiger partial charge in [0.05, 0.1) is 29.8 Å². The molecule has 1 aromatic heterocycles. The van der Waals surface area contributed by atoms with Crippen LogP contribution < -0.4 is 0 Å². The molecule has 3 fully saturated rings. The number of carbonyl (C=O) groups is 3. The fourth-order valence-electron chi connectivity index (χ4n) is 6.40. The summed E-state index contributed by atoms with van der Waals surface area (Å²) in [5, 5.41) is 0. The Morgan fingerprint density at radius 2 is 2.10 bits per heavy atom. The number of rotatable bonds is 2. The summed E-state index contributed by atoms with van der Waals surface area (Å²) in [6.45, 7) is 3.68. The van der Waals surface area contributed by atoms with E-state index in [4.69, 9.17) is 18.6 Å². The van der Waals surface area contributed by atoms with Gasteiger partial charge >= 0.3 is 17.9 Å². The van der Waals surface area contributed by atoms with E-state index in [-0.39, 0.29) is 24.5 Å². The van der Waals surface area contributed by atoms with Gasteiger partial charge in [-0.2, -0.15) is 0 Å². The smallest absolute Gasteiger partial charge is 0.313 e. The van der Waals surface area contributed by atoms with Crippen molar-refractivity contribution in [2.75, 3.05) is 6.61 Å². The van der Waals surface area contributed by atoms with Crippen molar-refractivity contribution in [3.05, 3.63) is 36.3 Å². The zero-order valence-corrected chi connectivity index (χ0v) is 16.5. The van der Waals surface area contributed by atoms with E-state index in [0.29, 0.717) is 19.3 Å². The molecule has 5 rings (SSSR count). The molecule has 7 unspecified atom stereocenters. The van der Waals surface area contributed by atoms with Gasteiger partial charge in [0.25, 0.3) is 0 Å². The van der Waals surface area contributed by atoms with Gasteiger partial charge in [0.2, 0.25) is 0 Å². The number of fused-ring (bicyclic) bond motifs is 2. The Hall–Kier alpha value is -2.57. The van der Waals surface area contributed by atoms with Crippen molar-refractivity contribution >= 4 is 17.9 Å². The molecule has 7 atom stereocenters. The average molecular weight is 400 g/mol. The van der Waals surface area contributed by atoms with E-state index in [2.05, 4.69) is 6.92 Å². The van der Waals surface area contributed by atoms with Crippen LogP contribution in [0.1, 0.15) is 44.8 Å². The second kappa shape index (κ2) is 6.21. The van der Waals surface area contributed by atoms with E-state index >= 15 is 0 Å². The zero-order chi connectivity index (χ0) is 20.4. The first kappa shape index (κ1) is 18.5. The topological polar surface area (TPSA) is 92.0 Å². The standard InChI is InChI=1S/C22H24O7/c1-12(23)28-18-8-15-20(25)29-16(13-6-7-26-10-13)9-21(15,2)17-5-3-4-14-19(24)27-11-22(14,17)18/h3-4,6-7,10,14-18H,5,8-9,11H2,1-2H3. The van der Waals surface area contributed by atoms with Crippen LogP contribution in [0.25, 0.3) is 0 Å². The largest absolute Gasteiger partial charge is 0.472 e. The van der Waals surface area contributed by atoms with Crippen molar-refractivity contribution < 1.29 is 33.0 Å². The van der Waals surface area contributed by atoms with Gasteiger partial charge < -0.3 is 18.6 Å². The number of esters is 3. The summed E-state index contributed by atoms with van der Waals surface area (Å²) in [5.74, 6) is -1.91. The predicted molar refractivity (Wildman–Crippen MR) is 98.1 cm³/mol. The molecule has 2 aliphatic heterocycles. The van der Waals surface area contributed by atoms with Crippen molar-refractivity contribution in [1.82, 2.24) is 0 Å². The summed E-state index contributed by atoms with van der Waals surface area (Å²) in [4.78, 5) is 37.5. The molecule has 7 nitrogen and oxygen atoms in total. The number of carbonyl (C=O) groups excluding carboxylic acids is 3. The molecule has 2 saturated heterocycles. The Bertz CT molecular complexity index is 887. The van der Waals surface area contributed by atoms with E-state index in [0.717, 1.165) is 5.56 Å². The lowest BCUT2D eigenvalue weighted by Gasteiger charge is -2.61. The highest BCUT2D eigenvalue weighted by Crippen LogP contribution is 2.66. The molecule has 0 bridgehead atoms. The Morgan fingerprint density at radius 1 is 1.28 bits per heavy atom. The number of hydrogen-bond donors (Lipinski definition) is 0. The predicted octanol–water partition coefficient (Wildman–Crippen LogP) is 2.96. The molecule has 3 heterocycles. The number of cyclic esters (lactones) is 2. The van der Waals surface area contributed by atoms with Gasteiger partial charge in [0.15, 0.2) is 0 Å². The normalized spacial score (nSPS) is 42.9. The molecule has 2 aliphatic carbocycles. The zero-order valence-electron chi connectivity index (χ0n) is 16.5. The molecule has 7 heteroatoms. The number of hydrogen-bond acceptors (Lipinski definition) is 7. The molecule has 0 N–H and O–H groups in total. The van der Waals surface area contributed by atoms with E-state index in [1.807, 2.05) is 18.2 Å². The summed E-state index contributed by atoms with van der Waals surface area (Å²) in [7, 11) is 0. The van der Waals surface area contributed by atoms with Crippen LogP contribution >= 0.6 is 0 Å². The fraction of sp³-hybridized carbons (Fsp3) is 0.591. The highest BCUT2D eigenvalue weighted by atomic mass is 16.6. The second-order valence-electron chi connectivity index (χ2n) is 8.99. The third-order valence-corrected chi connectivity index (χ3v) is 7.68. The SMILES string of the molecule is CC(=O)OC1CC2C(=O)OC(c3ccoc3)CC2(C)C2CC=CC3C(=O)OCC132. The maximum absolute atomic E-state index is 13.1. The molecule has 1 spiro atoms. The lowest BCUT2D eigenvalue weighted by atomic mass is 9.44. The third kappa shape index (κ3) is 2.45. The Kier molecular flexibility index (Phi) is 3.95. The summed E-state index contributed by atoms with van der Waals surface area (Å²) in [5.41, 5.74) is -0.248. The quantitative estimate of drug-likeness (QED) is 0.428. The van der Waals surface area contributed by atoms with Crippen molar-refractivity contribution in [2.24, 2.45) is 28.6 Å². The Balaban J connectivity index is 1.61. The van der Waals surface area contributed by atoms with Crippen molar-refractivity contribution in [2.45, 2.75) is 45.3 Å². The summed E-state index contributed by atoms with van der Waals surface area (Å²) < 4.78 is 22.2. The molecule has 154 valence electrons. The molecule has 0 aromatic carbocycles. The third-order valence-electron chi connectivity index (χ3n) is 7.68. The first-order valence-electron chi connectivity index (χ1n) is 10.1. The summed E-state index contributed by atoms with van der Waals surface area (Å²) in [6, 6.07) is 1.81. The molecule has 4 aliphatic rings. The minimum absolute atomic E-state index is 0.0539. The molecule has 0 amide bonds. The Morgan fingerprint density at radius 3 is 2.83 bits per heavy atom. The molecular weight excluding hydrogens is 376 g/mol. The van der Waals surface area contributed by atoms with Gasteiger partial charge in [-0.15, -0.1) is 0 Å². The van der Waals surface area contributed by atoms with Crippen LogP contribution in [0.15, 0.2) is 35.2 Å². The van der Waals surface area contributed by atoms with E-state index in [9.17, 15) is 14.4 Å². The summed E-state index contributed by atoms with van der Waals surface area (Å²) >= 11 is 0. The summed E-state index contributed by atoms with van der Waals surface area (Å²) in [6.07, 6.45) is 7.76. The Labute approximate surface area is 168 Å². The van der Waals surface area contributed by atoms with Crippen LogP contribution in [0.4, 0.5) is 0 Å². The minimum atomic E-state index is -0.651. The molecular formula is C22H24O7. The number of furan rings is 1. The average Bonchev–Trinajstić information content (AvgIpc) is 3.32.